The number of amides is 5. The number of esters is 2. The van der Waals surface area contributed by atoms with E-state index in [2.05, 4.69) is 5.32 Å². The predicted octanol–water partition coefficient (Wildman–Crippen LogP) is 4.53. The number of carbonyl (C=O) groups excluding carboxylic acids is 7. The number of epoxide rings is 1. The van der Waals surface area contributed by atoms with E-state index in [4.69, 9.17) is 44.8 Å². The monoisotopic (exact) mass is 976 g/mol. The van der Waals surface area contributed by atoms with Crippen LogP contribution in [0.1, 0.15) is 71.3 Å². The van der Waals surface area contributed by atoms with Crippen LogP contribution in [0, 0.1) is 17.8 Å². The van der Waals surface area contributed by atoms with Crippen LogP contribution in [0.3, 0.4) is 0 Å². The van der Waals surface area contributed by atoms with Gasteiger partial charge in [0.05, 0.1) is 36.5 Å². The van der Waals surface area contributed by atoms with Crippen LogP contribution in [0.5, 0.6) is 5.75 Å². The summed E-state index contributed by atoms with van der Waals surface area (Å²) in [4.78, 5) is 95.5. The van der Waals surface area contributed by atoms with Crippen molar-refractivity contribution in [3.05, 3.63) is 46.5 Å². The van der Waals surface area contributed by atoms with Crippen molar-refractivity contribution in [3.63, 3.8) is 0 Å². The molecule has 9 atom stereocenters. The van der Waals surface area contributed by atoms with Gasteiger partial charge in [0.15, 0.2) is 5.72 Å². The third-order valence-electron chi connectivity index (χ3n) is 13.4. The summed E-state index contributed by atoms with van der Waals surface area (Å²) in [6.07, 6.45) is 2.75. The largest absolute Gasteiger partial charge is 0.495 e. The number of rotatable bonds is 11. The number of alkyl carbamates (subject to hydrolysis) is 1. The maximum absolute atomic E-state index is 14.2. The van der Waals surface area contributed by atoms with Crippen molar-refractivity contribution in [2.45, 2.75) is 120 Å². The van der Waals surface area contributed by atoms with E-state index >= 15 is 0 Å². The van der Waals surface area contributed by atoms with Gasteiger partial charge in [0.1, 0.15) is 41.2 Å². The second-order valence-electron chi connectivity index (χ2n) is 17.9. The number of ether oxygens (including phenoxy) is 7. The fourth-order valence-electron chi connectivity index (χ4n) is 9.02. The fraction of sp³-hybridized carbons (Fsp3) is 0.630. The zero-order chi connectivity index (χ0) is 48.9. The second-order valence-corrected chi connectivity index (χ2v) is 19.3. The van der Waals surface area contributed by atoms with Crippen LogP contribution >= 0.6 is 23.4 Å². The zero-order valence-electron chi connectivity index (χ0n) is 39.0. The number of halogens is 1. The number of nitrogens with one attached hydrogen (secondary N) is 1. The van der Waals surface area contributed by atoms with E-state index in [1.54, 1.807) is 37.5 Å². The van der Waals surface area contributed by atoms with Crippen molar-refractivity contribution in [1.82, 2.24) is 15.1 Å². The molecule has 4 heterocycles. The van der Waals surface area contributed by atoms with Crippen LogP contribution in [-0.4, -0.2) is 152 Å². The summed E-state index contributed by atoms with van der Waals surface area (Å²) in [7, 11) is 5.69. The lowest BCUT2D eigenvalue weighted by molar-refractivity contribution is -0.161. The van der Waals surface area contributed by atoms with Crippen molar-refractivity contribution in [3.8, 4) is 5.75 Å². The lowest BCUT2D eigenvalue weighted by Crippen LogP contribution is -2.63. The number of hydrogen-bond acceptors (Lipinski definition) is 16. The molecule has 4 bridgehead atoms. The summed E-state index contributed by atoms with van der Waals surface area (Å²) in [5.74, 6) is -2.94. The highest BCUT2D eigenvalue weighted by Crippen LogP contribution is 2.42. The topological polar surface area (TPSA) is 229 Å². The molecule has 5 amide bonds. The first-order valence-corrected chi connectivity index (χ1v) is 24.0. The van der Waals surface area contributed by atoms with Gasteiger partial charge < -0.3 is 43.2 Å². The van der Waals surface area contributed by atoms with Crippen LogP contribution in [0.2, 0.25) is 5.02 Å². The van der Waals surface area contributed by atoms with Crippen LogP contribution in [0.25, 0.3) is 0 Å². The number of anilines is 1. The van der Waals surface area contributed by atoms with Crippen LogP contribution in [0.4, 0.5) is 15.3 Å². The number of allylic oxidation sites excluding steroid dienone is 3. The standard InChI is InChI=1S/C46H61ClN4O15S/c1-24-10-9-11-35(61-7)46(59)21-33(65-44(57)48-46)25(2)39-40(66-39)32(19-36(52)50(5)30-17-28(16-24)18-31(60-6)38(30)47)64-42(55)26(3)49(4)45(58)63-23-62-43(56)29-14-12-27(13-15-29)22-51-37(53)20-34(67-8)41(51)54/h9-11,17-18,25-27,29,32-35,39-40,59H,12-16,19-23H2,1-8H3,(H,48,57)/b11-9+,24-10+/t25-,26+,27?,29?,32+,33+,34?,35-,39+,40+,46+/m1/s1. The fourth-order valence-corrected chi connectivity index (χ4v) is 9.97. The first-order valence-electron chi connectivity index (χ1n) is 22.3. The maximum Gasteiger partial charge on any atom is 0.413 e. The van der Waals surface area contributed by atoms with E-state index in [1.165, 1.54) is 56.8 Å². The van der Waals surface area contributed by atoms with E-state index in [1.807, 2.05) is 13.0 Å². The molecular weight excluding hydrogens is 916 g/mol. The molecule has 1 saturated carbocycles. The summed E-state index contributed by atoms with van der Waals surface area (Å²) in [6.45, 7) is 4.66. The highest BCUT2D eigenvalue weighted by molar-refractivity contribution is 8.00. The van der Waals surface area contributed by atoms with Crippen molar-refractivity contribution in [2.75, 3.05) is 52.8 Å². The van der Waals surface area contributed by atoms with Gasteiger partial charge in [0.25, 0.3) is 0 Å². The number of imide groups is 1. The number of fused-ring (bicyclic) bond motifs is 5. The number of thioether (sulfide) groups is 1. The summed E-state index contributed by atoms with van der Waals surface area (Å²) in [5, 5.41) is 14.1. The summed E-state index contributed by atoms with van der Waals surface area (Å²) in [6, 6.07) is 2.25. The van der Waals surface area contributed by atoms with E-state index in [-0.39, 0.29) is 40.8 Å². The second kappa shape index (κ2) is 22.0. The molecule has 67 heavy (non-hydrogen) atoms. The van der Waals surface area contributed by atoms with Gasteiger partial charge in [-0.2, -0.15) is 11.8 Å². The number of hydrogen-bond donors (Lipinski definition) is 2. The summed E-state index contributed by atoms with van der Waals surface area (Å²) in [5.41, 5.74) is 0.118. The van der Waals surface area contributed by atoms with Gasteiger partial charge in [-0.15, -0.1) is 0 Å². The molecule has 4 fully saturated rings. The lowest BCUT2D eigenvalue weighted by Gasteiger charge is -2.41. The molecule has 1 aromatic carbocycles. The number of likely N-dealkylation sites (N-methyl/N-ethyl adjacent to an activating group) is 1. The van der Waals surface area contributed by atoms with Crippen molar-refractivity contribution in [2.24, 2.45) is 17.8 Å². The molecule has 1 unspecified atom stereocenters. The van der Waals surface area contributed by atoms with Crippen LogP contribution in [0.15, 0.2) is 35.9 Å². The molecule has 0 radical (unpaired) electrons. The number of benzene rings is 1. The molecule has 0 spiro atoms. The van der Waals surface area contributed by atoms with Gasteiger partial charge in [0.2, 0.25) is 24.5 Å². The minimum absolute atomic E-state index is 0.0718. The molecule has 1 aliphatic carbocycles. The molecule has 5 aliphatic rings. The molecule has 6 rings (SSSR count). The Bertz CT molecular complexity index is 2130. The Balaban J connectivity index is 1.11. The Labute approximate surface area is 399 Å². The Morgan fingerprint density at radius 3 is 2.43 bits per heavy atom. The predicted molar refractivity (Wildman–Crippen MR) is 243 cm³/mol. The number of carbonyl (C=O) groups is 7. The molecular formula is C46H61ClN4O15S. The van der Waals surface area contributed by atoms with E-state index < -0.39 is 97.4 Å². The average molecular weight is 978 g/mol. The van der Waals surface area contributed by atoms with Gasteiger partial charge in [-0.1, -0.05) is 42.3 Å². The molecule has 1 aromatic rings. The molecule has 19 nitrogen and oxygen atoms in total. The maximum atomic E-state index is 14.2. The zero-order valence-corrected chi connectivity index (χ0v) is 40.6. The normalized spacial score (nSPS) is 31.9. The lowest BCUT2D eigenvalue weighted by atomic mass is 9.82. The average Bonchev–Trinajstić information content (AvgIpc) is 4.05. The third kappa shape index (κ3) is 12.1. The van der Waals surface area contributed by atoms with Crippen molar-refractivity contribution < 1.29 is 71.8 Å². The Kier molecular flexibility index (Phi) is 16.9. The molecule has 2 N–H and O–H groups in total. The highest BCUT2D eigenvalue weighted by atomic mass is 35.5. The van der Waals surface area contributed by atoms with Crippen LogP contribution in [-0.2, 0) is 58.8 Å². The quantitative estimate of drug-likeness (QED) is 0.102. The minimum atomic E-state index is -1.87. The van der Waals surface area contributed by atoms with E-state index in [0.29, 0.717) is 50.1 Å². The third-order valence-corrected chi connectivity index (χ3v) is 14.7. The number of methoxy groups -OCH3 is 2. The first kappa shape index (κ1) is 51.5. The van der Waals surface area contributed by atoms with Gasteiger partial charge in [-0.25, -0.2) is 14.4 Å². The number of aliphatic hydroxyl groups is 1. The van der Waals surface area contributed by atoms with E-state index in [9.17, 15) is 38.7 Å². The Morgan fingerprint density at radius 1 is 1.06 bits per heavy atom. The van der Waals surface area contributed by atoms with E-state index in [0.717, 1.165) is 16.0 Å². The summed E-state index contributed by atoms with van der Waals surface area (Å²) >= 11 is 8.12. The number of likely N-dealkylation sites (tertiary alicyclic amines) is 1. The van der Waals surface area contributed by atoms with Gasteiger partial charge in [0, 0.05) is 46.5 Å². The molecule has 368 valence electrons. The molecule has 4 aliphatic heterocycles. The Hall–Kier alpha value is -4.89. The molecule has 0 aromatic heterocycles. The van der Waals surface area contributed by atoms with Crippen molar-refractivity contribution in [1.29, 1.82) is 0 Å². The number of nitrogens with zero attached hydrogens (tertiary/aromatic N) is 3. The minimum Gasteiger partial charge on any atom is -0.495 e. The Morgan fingerprint density at radius 2 is 1.78 bits per heavy atom. The SMILES string of the molecule is COc1cc2cc(c1Cl)N(C)C(=O)C[C@H](OC(=O)[C@H](C)N(C)C(=O)OCOC(=O)C1CCC(CN3C(=O)CC(SC)C3=O)CC1)[C@@H]1O[C@H]1[C@H](C)[C@@H]1C[C@@](O)(NC(=O)O1)[C@H](OC)/C=C/C=C(\C)C2. The highest BCUT2D eigenvalue weighted by Gasteiger charge is 2.56. The summed E-state index contributed by atoms with van der Waals surface area (Å²) < 4.78 is 39.3. The molecule has 21 heteroatoms. The molecule has 3 saturated heterocycles. The van der Waals surface area contributed by atoms with Gasteiger partial charge in [-0.3, -0.25) is 34.3 Å². The van der Waals surface area contributed by atoms with Crippen molar-refractivity contribution >= 4 is 70.9 Å². The first-order chi connectivity index (χ1) is 31.8. The van der Waals surface area contributed by atoms with Gasteiger partial charge in [-0.05, 0) is 75.8 Å². The van der Waals surface area contributed by atoms with Crippen LogP contribution < -0.4 is 15.0 Å². The smallest absolute Gasteiger partial charge is 0.413 e. The van der Waals surface area contributed by atoms with Gasteiger partial charge >= 0.3 is 24.1 Å².